The van der Waals surface area contributed by atoms with Crippen molar-refractivity contribution >= 4 is 11.8 Å². The van der Waals surface area contributed by atoms with Gasteiger partial charge in [-0.1, -0.05) is 54.6 Å². The van der Waals surface area contributed by atoms with Crippen LogP contribution in [-0.4, -0.2) is 14.1 Å². The Labute approximate surface area is 116 Å². The maximum absolute atomic E-state index is 3.79. The van der Waals surface area contributed by atoms with E-state index in [0.29, 0.717) is 0 Å². The molecule has 98 valence electrons. The van der Waals surface area contributed by atoms with E-state index in [9.17, 15) is 0 Å². The van der Waals surface area contributed by atoms with Gasteiger partial charge in [0.05, 0.1) is 14.1 Å². The molecule has 0 saturated heterocycles. The monoisotopic (exact) mass is 252 g/mol. The molecule has 1 heteroatoms. The molecule has 19 heavy (non-hydrogen) atoms. The lowest BCUT2D eigenvalue weighted by Gasteiger charge is -2.29. The minimum atomic E-state index is 0.855. The van der Waals surface area contributed by atoms with Gasteiger partial charge in [0.2, 0.25) is 0 Å². The lowest BCUT2D eigenvalue weighted by Crippen LogP contribution is -2.39. The largest absolute Gasteiger partial charge is 0.292 e. The molecule has 0 unspecified atom stereocenters. The molecule has 0 aliphatic heterocycles. The molecular formula is C18H22N+. The van der Waals surface area contributed by atoms with Gasteiger partial charge in [-0.15, -0.1) is 0 Å². The Morgan fingerprint density at radius 2 is 1.53 bits per heavy atom. The van der Waals surface area contributed by atoms with Crippen LogP contribution in [0.4, 0.5) is 5.69 Å². The van der Waals surface area contributed by atoms with Crippen molar-refractivity contribution in [3.05, 3.63) is 71.8 Å². The van der Waals surface area contributed by atoms with Crippen molar-refractivity contribution < 1.29 is 0 Å². The Morgan fingerprint density at radius 3 is 2.05 bits per heavy atom. The quantitative estimate of drug-likeness (QED) is 0.707. The molecule has 0 radical (unpaired) electrons. The first-order valence-corrected chi connectivity index (χ1v) is 6.63. The maximum atomic E-state index is 3.79. The van der Waals surface area contributed by atoms with Crippen molar-refractivity contribution in [1.29, 1.82) is 0 Å². The Hall–Kier alpha value is -1.86. The van der Waals surface area contributed by atoms with E-state index in [1.54, 1.807) is 0 Å². The third-order valence-electron chi connectivity index (χ3n) is 3.53. The van der Waals surface area contributed by atoms with Crippen LogP contribution in [-0.2, 0) is 6.54 Å². The van der Waals surface area contributed by atoms with Crippen LogP contribution in [0.3, 0.4) is 0 Å². The van der Waals surface area contributed by atoms with Gasteiger partial charge in [-0.05, 0) is 24.6 Å². The fourth-order valence-electron chi connectivity index (χ4n) is 2.26. The van der Waals surface area contributed by atoms with Crippen molar-refractivity contribution in [3.63, 3.8) is 0 Å². The number of rotatable bonds is 4. The Morgan fingerprint density at radius 1 is 0.947 bits per heavy atom. The fraction of sp³-hybridized carbons (Fsp3) is 0.222. The number of benzene rings is 2. The summed E-state index contributed by atoms with van der Waals surface area (Å²) in [6.45, 7) is 6.90. The van der Waals surface area contributed by atoms with Crippen LogP contribution in [0.25, 0.3) is 6.08 Å². The lowest BCUT2D eigenvalue weighted by atomic mass is 10.1. The first-order valence-electron chi connectivity index (χ1n) is 6.63. The summed E-state index contributed by atoms with van der Waals surface area (Å²) in [5.74, 6) is 0. The highest BCUT2D eigenvalue weighted by Gasteiger charge is 2.19. The van der Waals surface area contributed by atoms with Crippen molar-refractivity contribution in [3.8, 4) is 0 Å². The maximum Gasteiger partial charge on any atom is 0.132 e. The van der Waals surface area contributed by atoms with Crippen LogP contribution in [0.1, 0.15) is 16.7 Å². The molecule has 0 amide bonds. The van der Waals surface area contributed by atoms with Gasteiger partial charge in [0.1, 0.15) is 12.2 Å². The summed E-state index contributed by atoms with van der Waals surface area (Å²) >= 11 is 0. The Balaban J connectivity index is 2.19. The van der Waals surface area contributed by atoms with Crippen LogP contribution in [0.2, 0.25) is 0 Å². The Kier molecular flexibility index (Phi) is 3.87. The number of nitrogens with zero attached hydrogens (tertiary/aromatic N) is 1. The molecule has 0 saturated carbocycles. The first-order chi connectivity index (χ1) is 9.01. The molecule has 0 bridgehead atoms. The number of hydrogen-bond donors (Lipinski definition) is 0. The molecule has 0 atom stereocenters. The van der Waals surface area contributed by atoms with Crippen molar-refractivity contribution in [2.75, 3.05) is 14.1 Å². The van der Waals surface area contributed by atoms with E-state index in [1.165, 1.54) is 22.4 Å². The molecule has 0 fully saturated rings. The van der Waals surface area contributed by atoms with E-state index in [4.69, 9.17) is 0 Å². The third-order valence-corrected chi connectivity index (χ3v) is 3.53. The summed E-state index contributed by atoms with van der Waals surface area (Å²) in [7, 11) is 4.48. The summed E-state index contributed by atoms with van der Waals surface area (Å²) in [4.78, 5) is 0. The van der Waals surface area contributed by atoms with Gasteiger partial charge in [0, 0.05) is 5.56 Å². The standard InChI is InChI=1S/C18H22N/c1-5-16-8-10-17(11-9-16)14-19(3,4)18-12-6-15(2)7-13-18/h5-13H,1,14H2,2-4H3/q+1. The van der Waals surface area contributed by atoms with Gasteiger partial charge in [-0.3, -0.25) is 4.48 Å². The van der Waals surface area contributed by atoms with Crippen molar-refractivity contribution in [2.45, 2.75) is 13.5 Å². The second kappa shape index (κ2) is 5.41. The SMILES string of the molecule is C=Cc1ccc(C[N+](C)(C)c2ccc(C)cc2)cc1. The zero-order chi connectivity index (χ0) is 13.9. The molecule has 0 N–H and O–H groups in total. The summed E-state index contributed by atoms with van der Waals surface area (Å²) in [5.41, 5.74) is 5.15. The van der Waals surface area contributed by atoms with Crippen LogP contribution >= 0.6 is 0 Å². The highest BCUT2D eigenvalue weighted by atomic mass is 15.3. The van der Waals surface area contributed by atoms with Gasteiger partial charge >= 0.3 is 0 Å². The third kappa shape index (κ3) is 3.33. The average molecular weight is 252 g/mol. The summed E-state index contributed by atoms with van der Waals surface area (Å²) in [6.07, 6.45) is 1.88. The number of aryl methyl sites for hydroxylation is 1. The van der Waals surface area contributed by atoms with Crippen LogP contribution in [0, 0.1) is 6.92 Å². The van der Waals surface area contributed by atoms with Gasteiger partial charge in [0.25, 0.3) is 0 Å². The van der Waals surface area contributed by atoms with E-state index in [-0.39, 0.29) is 0 Å². The second-order valence-corrected chi connectivity index (χ2v) is 5.62. The first kappa shape index (κ1) is 13.6. The van der Waals surface area contributed by atoms with Crippen LogP contribution < -0.4 is 4.48 Å². The van der Waals surface area contributed by atoms with E-state index in [0.717, 1.165) is 11.0 Å². The summed E-state index contributed by atoms with van der Waals surface area (Å²) in [5, 5.41) is 0. The molecule has 0 heterocycles. The molecule has 2 aromatic rings. The molecule has 0 aliphatic rings. The van der Waals surface area contributed by atoms with Gasteiger partial charge < -0.3 is 0 Å². The number of quaternary nitrogens is 1. The van der Waals surface area contributed by atoms with E-state index in [2.05, 4.69) is 76.1 Å². The van der Waals surface area contributed by atoms with Gasteiger partial charge in [0.15, 0.2) is 0 Å². The molecule has 2 aromatic carbocycles. The van der Waals surface area contributed by atoms with E-state index < -0.39 is 0 Å². The second-order valence-electron chi connectivity index (χ2n) is 5.62. The van der Waals surface area contributed by atoms with Gasteiger partial charge in [-0.2, -0.15) is 0 Å². The predicted octanol–water partition coefficient (Wildman–Crippen LogP) is 4.41. The summed E-state index contributed by atoms with van der Waals surface area (Å²) < 4.78 is 0.855. The normalized spacial score (nSPS) is 11.3. The number of hydrogen-bond acceptors (Lipinski definition) is 0. The van der Waals surface area contributed by atoms with Crippen LogP contribution in [0.15, 0.2) is 55.1 Å². The topological polar surface area (TPSA) is 0 Å². The van der Waals surface area contributed by atoms with Crippen molar-refractivity contribution in [2.24, 2.45) is 0 Å². The molecule has 0 aromatic heterocycles. The zero-order valence-electron chi connectivity index (χ0n) is 12.1. The summed E-state index contributed by atoms with van der Waals surface area (Å²) in [6, 6.07) is 17.4. The average Bonchev–Trinajstić information content (AvgIpc) is 2.40. The molecular weight excluding hydrogens is 230 g/mol. The van der Waals surface area contributed by atoms with E-state index in [1.807, 2.05) is 6.08 Å². The Bertz CT molecular complexity index is 547. The zero-order valence-corrected chi connectivity index (χ0v) is 12.1. The van der Waals surface area contributed by atoms with Gasteiger partial charge in [-0.25, -0.2) is 0 Å². The van der Waals surface area contributed by atoms with E-state index >= 15 is 0 Å². The lowest BCUT2D eigenvalue weighted by molar-refractivity contribution is 0.392. The van der Waals surface area contributed by atoms with Crippen LogP contribution in [0.5, 0.6) is 0 Å². The minimum Gasteiger partial charge on any atom is -0.292 e. The molecule has 2 rings (SSSR count). The molecule has 1 nitrogen and oxygen atoms in total. The molecule has 0 aliphatic carbocycles. The highest BCUT2D eigenvalue weighted by Crippen LogP contribution is 2.22. The minimum absolute atomic E-state index is 0.855. The fourth-order valence-corrected chi connectivity index (χ4v) is 2.26. The smallest absolute Gasteiger partial charge is 0.132 e. The predicted molar refractivity (Wildman–Crippen MR) is 85.1 cm³/mol. The molecule has 0 spiro atoms. The van der Waals surface area contributed by atoms with Crippen molar-refractivity contribution in [1.82, 2.24) is 4.48 Å². The highest BCUT2D eigenvalue weighted by molar-refractivity contribution is 5.48.